The number of aliphatic carboxylic acids is 1. The predicted octanol–water partition coefficient (Wildman–Crippen LogP) is 2.05. The minimum atomic E-state index is -0.893. The van der Waals surface area contributed by atoms with Crippen molar-refractivity contribution in [3.05, 3.63) is 40.6 Å². The van der Waals surface area contributed by atoms with Crippen molar-refractivity contribution in [2.45, 2.75) is 6.42 Å². The number of nitro benzene ring substituents is 1. The van der Waals surface area contributed by atoms with Crippen molar-refractivity contribution >= 4 is 28.2 Å². The molecule has 20 heavy (non-hydrogen) atoms. The standard InChI is InChI=1S/C13H13N3O4/c1-15(8-6-12(17)18)11-5-4-10(16(19)20)9-3-2-7-14-13(9)11/h2-5,7H,6,8H2,1H3,(H,17,18). The van der Waals surface area contributed by atoms with Crippen molar-refractivity contribution in [2.24, 2.45) is 0 Å². The molecule has 1 aromatic heterocycles. The predicted molar refractivity (Wildman–Crippen MR) is 73.9 cm³/mol. The molecule has 0 fully saturated rings. The van der Waals surface area contributed by atoms with E-state index in [-0.39, 0.29) is 12.1 Å². The number of hydrogen-bond donors (Lipinski definition) is 1. The van der Waals surface area contributed by atoms with Gasteiger partial charge in [-0.05, 0) is 18.2 Å². The summed E-state index contributed by atoms with van der Waals surface area (Å²) in [7, 11) is 1.73. The number of anilines is 1. The van der Waals surface area contributed by atoms with E-state index in [0.29, 0.717) is 23.1 Å². The Labute approximate surface area is 114 Å². The van der Waals surface area contributed by atoms with E-state index in [1.165, 1.54) is 6.07 Å². The monoisotopic (exact) mass is 275 g/mol. The summed E-state index contributed by atoms with van der Waals surface area (Å²) in [4.78, 5) is 27.1. The molecular formula is C13H13N3O4. The molecule has 2 aromatic rings. The van der Waals surface area contributed by atoms with Gasteiger partial charge in [-0.1, -0.05) is 0 Å². The third kappa shape index (κ3) is 2.66. The van der Waals surface area contributed by atoms with Gasteiger partial charge in [-0.15, -0.1) is 0 Å². The molecule has 0 aliphatic heterocycles. The maximum atomic E-state index is 11.0. The van der Waals surface area contributed by atoms with Gasteiger partial charge in [-0.2, -0.15) is 0 Å². The molecule has 7 heteroatoms. The summed E-state index contributed by atoms with van der Waals surface area (Å²) in [6.07, 6.45) is 1.54. The molecule has 104 valence electrons. The second-order valence-electron chi connectivity index (χ2n) is 4.33. The minimum Gasteiger partial charge on any atom is -0.481 e. The van der Waals surface area contributed by atoms with Gasteiger partial charge in [0.2, 0.25) is 0 Å². The number of pyridine rings is 1. The first-order chi connectivity index (χ1) is 9.50. The first kappa shape index (κ1) is 13.7. The van der Waals surface area contributed by atoms with Crippen LogP contribution >= 0.6 is 0 Å². The van der Waals surface area contributed by atoms with Crippen molar-refractivity contribution in [1.29, 1.82) is 0 Å². The highest BCUT2D eigenvalue weighted by Gasteiger charge is 2.17. The average molecular weight is 275 g/mol. The van der Waals surface area contributed by atoms with Crippen LogP contribution in [0.5, 0.6) is 0 Å². The average Bonchev–Trinajstić information content (AvgIpc) is 2.43. The molecule has 0 spiro atoms. The molecule has 0 radical (unpaired) electrons. The number of nitrogens with zero attached hydrogens (tertiary/aromatic N) is 3. The van der Waals surface area contributed by atoms with E-state index in [4.69, 9.17) is 5.11 Å². The molecule has 0 amide bonds. The first-order valence-corrected chi connectivity index (χ1v) is 5.95. The molecule has 0 unspecified atom stereocenters. The quantitative estimate of drug-likeness (QED) is 0.662. The Kier molecular flexibility index (Phi) is 3.79. The van der Waals surface area contributed by atoms with Crippen LogP contribution in [0, 0.1) is 10.1 Å². The number of fused-ring (bicyclic) bond motifs is 1. The summed E-state index contributed by atoms with van der Waals surface area (Å²) >= 11 is 0. The van der Waals surface area contributed by atoms with Gasteiger partial charge < -0.3 is 10.0 Å². The fourth-order valence-corrected chi connectivity index (χ4v) is 1.99. The van der Waals surface area contributed by atoms with Gasteiger partial charge in [0.1, 0.15) is 5.52 Å². The molecule has 0 saturated carbocycles. The van der Waals surface area contributed by atoms with Crippen LogP contribution in [0.25, 0.3) is 10.9 Å². The van der Waals surface area contributed by atoms with Gasteiger partial charge in [0.25, 0.3) is 5.69 Å². The van der Waals surface area contributed by atoms with Crippen molar-refractivity contribution in [2.75, 3.05) is 18.5 Å². The lowest BCUT2D eigenvalue weighted by atomic mass is 10.1. The number of non-ortho nitro benzene ring substituents is 1. The number of hydrogen-bond acceptors (Lipinski definition) is 5. The lowest BCUT2D eigenvalue weighted by molar-refractivity contribution is -0.383. The zero-order valence-electron chi connectivity index (χ0n) is 10.8. The Balaban J connectivity index is 2.47. The Hall–Kier alpha value is -2.70. The van der Waals surface area contributed by atoms with Crippen LogP contribution in [0.1, 0.15) is 6.42 Å². The highest BCUT2D eigenvalue weighted by atomic mass is 16.6. The zero-order chi connectivity index (χ0) is 14.7. The maximum absolute atomic E-state index is 11.0. The van der Waals surface area contributed by atoms with Crippen LogP contribution in [0.15, 0.2) is 30.5 Å². The zero-order valence-corrected chi connectivity index (χ0v) is 10.8. The summed E-state index contributed by atoms with van der Waals surface area (Å²) in [5.74, 6) is -0.893. The van der Waals surface area contributed by atoms with Crippen molar-refractivity contribution < 1.29 is 14.8 Å². The number of nitro groups is 1. The molecule has 0 aliphatic carbocycles. The Bertz CT molecular complexity index is 672. The minimum absolute atomic E-state index is 0.0107. The van der Waals surface area contributed by atoms with Crippen LogP contribution in [0.4, 0.5) is 11.4 Å². The number of aromatic nitrogens is 1. The molecule has 7 nitrogen and oxygen atoms in total. The maximum Gasteiger partial charge on any atom is 0.305 e. The van der Waals surface area contributed by atoms with Gasteiger partial charge in [-0.25, -0.2) is 0 Å². The summed E-state index contributed by atoms with van der Waals surface area (Å²) in [6.45, 7) is 0.304. The van der Waals surface area contributed by atoms with E-state index in [1.807, 2.05) is 0 Å². The van der Waals surface area contributed by atoms with E-state index in [0.717, 1.165) is 0 Å². The third-order valence-corrected chi connectivity index (χ3v) is 2.99. The van der Waals surface area contributed by atoms with Crippen LogP contribution in [-0.2, 0) is 4.79 Å². The van der Waals surface area contributed by atoms with Crippen LogP contribution < -0.4 is 4.90 Å². The first-order valence-electron chi connectivity index (χ1n) is 5.95. The lowest BCUT2D eigenvalue weighted by Gasteiger charge is -2.19. The topological polar surface area (TPSA) is 96.6 Å². The highest BCUT2D eigenvalue weighted by molar-refractivity contribution is 5.97. The molecular weight excluding hydrogens is 262 g/mol. The fraction of sp³-hybridized carbons (Fsp3) is 0.231. The van der Waals surface area contributed by atoms with Crippen LogP contribution in [-0.4, -0.2) is 34.6 Å². The fourth-order valence-electron chi connectivity index (χ4n) is 1.99. The molecule has 0 atom stereocenters. The van der Waals surface area contributed by atoms with E-state index >= 15 is 0 Å². The molecule has 2 rings (SSSR count). The van der Waals surface area contributed by atoms with Crippen molar-refractivity contribution in [3.8, 4) is 0 Å². The normalized spacial score (nSPS) is 10.4. The number of rotatable bonds is 5. The third-order valence-electron chi connectivity index (χ3n) is 2.99. The summed E-state index contributed by atoms with van der Waals surface area (Å²) in [6, 6.07) is 6.28. The Morgan fingerprint density at radius 3 is 2.85 bits per heavy atom. The highest BCUT2D eigenvalue weighted by Crippen LogP contribution is 2.31. The summed E-state index contributed by atoms with van der Waals surface area (Å²) < 4.78 is 0. The van der Waals surface area contributed by atoms with E-state index in [1.54, 1.807) is 36.3 Å². The number of benzene rings is 1. The van der Waals surface area contributed by atoms with Crippen LogP contribution in [0.2, 0.25) is 0 Å². The van der Waals surface area contributed by atoms with Crippen LogP contribution in [0.3, 0.4) is 0 Å². The Morgan fingerprint density at radius 2 is 2.20 bits per heavy atom. The number of carboxylic acid groups (broad SMARTS) is 1. The summed E-state index contributed by atoms with van der Waals surface area (Å²) in [5, 5.41) is 20.1. The smallest absolute Gasteiger partial charge is 0.305 e. The molecule has 1 N–H and O–H groups in total. The van der Waals surface area contributed by atoms with Gasteiger partial charge in [0.05, 0.1) is 22.4 Å². The van der Waals surface area contributed by atoms with Gasteiger partial charge in [0.15, 0.2) is 0 Å². The SMILES string of the molecule is CN(CCC(=O)O)c1ccc([N+](=O)[O-])c2cccnc12. The van der Waals surface area contributed by atoms with Gasteiger partial charge in [-0.3, -0.25) is 19.9 Å². The van der Waals surface area contributed by atoms with Gasteiger partial charge >= 0.3 is 5.97 Å². The largest absolute Gasteiger partial charge is 0.481 e. The molecule has 1 heterocycles. The molecule has 0 aliphatic rings. The van der Waals surface area contributed by atoms with E-state index in [9.17, 15) is 14.9 Å². The molecule has 0 bridgehead atoms. The second kappa shape index (κ2) is 5.52. The molecule has 0 saturated heterocycles. The van der Waals surface area contributed by atoms with E-state index < -0.39 is 10.9 Å². The molecule has 1 aromatic carbocycles. The second-order valence-corrected chi connectivity index (χ2v) is 4.33. The number of carboxylic acids is 1. The van der Waals surface area contributed by atoms with E-state index in [2.05, 4.69) is 4.98 Å². The lowest BCUT2D eigenvalue weighted by Crippen LogP contribution is -2.21. The summed E-state index contributed by atoms with van der Waals surface area (Å²) in [5.41, 5.74) is 1.16. The Morgan fingerprint density at radius 1 is 1.45 bits per heavy atom. The van der Waals surface area contributed by atoms with Crippen molar-refractivity contribution in [3.63, 3.8) is 0 Å². The number of carbonyl (C=O) groups is 1. The van der Waals surface area contributed by atoms with Gasteiger partial charge in [0, 0.05) is 25.9 Å². The van der Waals surface area contributed by atoms with Crippen molar-refractivity contribution in [1.82, 2.24) is 4.98 Å².